The van der Waals surface area contributed by atoms with Gasteiger partial charge in [0.25, 0.3) is 0 Å². The van der Waals surface area contributed by atoms with Crippen molar-refractivity contribution >= 4 is 21.9 Å². The summed E-state index contributed by atoms with van der Waals surface area (Å²) < 4.78 is 6.20. The molecule has 2 heterocycles. The molecule has 8 rings (SSSR count). The molecule has 0 saturated heterocycles. The summed E-state index contributed by atoms with van der Waals surface area (Å²) in [5.74, 6) is 1.85. The number of rotatable bonds is 5. The molecule has 0 aliphatic carbocycles. The molecule has 0 radical (unpaired) electrons. The zero-order valence-corrected chi connectivity index (χ0v) is 23.2. The summed E-state index contributed by atoms with van der Waals surface area (Å²) in [7, 11) is 0. The van der Waals surface area contributed by atoms with E-state index in [0.29, 0.717) is 17.5 Å². The Labute approximate surface area is 249 Å². The molecule has 0 amide bonds. The van der Waals surface area contributed by atoms with Crippen molar-refractivity contribution in [2.45, 2.75) is 0 Å². The number of benzene rings is 6. The molecule has 0 N–H and O–H groups in total. The summed E-state index contributed by atoms with van der Waals surface area (Å²) in [6, 6.07) is 51.6. The molecular weight excluding hydrogens is 526 g/mol. The highest BCUT2D eigenvalue weighted by Crippen LogP contribution is 2.38. The van der Waals surface area contributed by atoms with Gasteiger partial charge in [-0.1, -0.05) is 133 Å². The summed E-state index contributed by atoms with van der Waals surface area (Å²) >= 11 is 0. The Balaban J connectivity index is 1.35. The van der Waals surface area contributed by atoms with E-state index in [0.717, 1.165) is 55.3 Å². The van der Waals surface area contributed by atoms with E-state index in [9.17, 15) is 0 Å². The molecule has 4 nitrogen and oxygen atoms in total. The lowest BCUT2D eigenvalue weighted by molar-refractivity contribution is 0.669. The van der Waals surface area contributed by atoms with Crippen molar-refractivity contribution in [3.8, 4) is 56.4 Å². The van der Waals surface area contributed by atoms with Crippen LogP contribution in [0.3, 0.4) is 0 Å². The smallest absolute Gasteiger partial charge is 0.164 e. The van der Waals surface area contributed by atoms with Crippen molar-refractivity contribution in [3.63, 3.8) is 0 Å². The molecule has 0 atom stereocenters. The van der Waals surface area contributed by atoms with Crippen LogP contribution in [0.2, 0.25) is 0 Å². The van der Waals surface area contributed by atoms with E-state index in [1.807, 2.05) is 72.8 Å². The Morgan fingerprint density at radius 3 is 1.70 bits per heavy atom. The fourth-order valence-corrected chi connectivity index (χ4v) is 5.72. The van der Waals surface area contributed by atoms with Gasteiger partial charge in [-0.15, -0.1) is 0 Å². The zero-order chi connectivity index (χ0) is 28.6. The van der Waals surface area contributed by atoms with Crippen molar-refractivity contribution in [2.24, 2.45) is 0 Å². The number of para-hydroxylation sites is 1. The molecule has 0 aliphatic rings. The van der Waals surface area contributed by atoms with Crippen LogP contribution in [0.1, 0.15) is 0 Å². The molecule has 6 aromatic carbocycles. The Bertz CT molecular complexity index is 2240. The van der Waals surface area contributed by atoms with Crippen molar-refractivity contribution in [1.82, 2.24) is 15.0 Å². The number of aromatic nitrogens is 3. The first-order valence-electron chi connectivity index (χ1n) is 14.3. The second-order valence-electron chi connectivity index (χ2n) is 10.4. The summed E-state index contributed by atoms with van der Waals surface area (Å²) in [5.41, 5.74) is 8.92. The fraction of sp³-hybridized carbons (Fsp3) is 0. The first-order chi connectivity index (χ1) is 21.3. The molecule has 0 bridgehead atoms. The van der Waals surface area contributed by atoms with E-state index in [-0.39, 0.29) is 0 Å². The van der Waals surface area contributed by atoms with Gasteiger partial charge in [-0.2, -0.15) is 0 Å². The van der Waals surface area contributed by atoms with Gasteiger partial charge in [0.15, 0.2) is 17.5 Å². The van der Waals surface area contributed by atoms with Gasteiger partial charge in [-0.25, -0.2) is 15.0 Å². The van der Waals surface area contributed by atoms with Gasteiger partial charge in [0.2, 0.25) is 0 Å². The van der Waals surface area contributed by atoms with E-state index >= 15 is 0 Å². The molecular formula is C39H25N3O. The zero-order valence-electron chi connectivity index (χ0n) is 23.2. The predicted molar refractivity (Wildman–Crippen MR) is 174 cm³/mol. The van der Waals surface area contributed by atoms with Crippen LogP contribution in [0.5, 0.6) is 0 Å². The van der Waals surface area contributed by atoms with Gasteiger partial charge in [-0.3, -0.25) is 0 Å². The van der Waals surface area contributed by atoms with Crippen LogP contribution in [0, 0.1) is 0 Å². The van der Waals surface area contributed by atoms with E-state index in [1.165, 1.54) is 5.56 Å². The number of furan rings is 1. The van der Waals surface area contributed by atoms with E-state index in [1.54, 1.807) is 0 Å². The molecule has 4 heteroatoms. The lowest BCUT2D eigenvalue weighted by Gasteiger charge is -2.13. The Hall–Kier alpha value is -5.87. The standard InChI is InChI=1S/C39H25N3O/c1-3-13-26(14-4-1)28-17-11-18-29(25-28)30-19-7-8-20-31(30)38-40-37(27-15-5-2-6-16-27)41-39(42-38)33-22-12-24-35-36(33)32-21-9-10-23-34(32)43-35/h1-25H. The minimum atomic E-state index is 0.605. The average molecular weight is 552 g/mol. The van der Waals surface area contributed by atoms with E-state index in [2.05, 4.69) is 78.9 Å². The molecule has 2 aromatic heterocycles. The monoisotopic (exact) mass is 551 g/mol. The topological polar surface area (TPSA) is 51.8 Å². The molecule has 43 heavy (non-hydrogen) atoms. The number of nitrogens with zero attached hydrogens (tertiary/aromatic N) is 3. The van der Waals surface area contributed by atoms with Crippen LogP contribution < -0.4 is 0 Å². The molecule has 8 aromatic rings. The van der Waals surface area contributed by atoms with Gasteiger partial charge in [-0.05, 0) is 40.5 Å². The van der Waals surface area contributed by atoms with Crippen molar-refractivity contribution in [2.75, 3.05) is 0 Å². The largest absolute Gasteiger partial charge is 0.456 e. The Morgan fingerprint density at radius 2 is 0.884 bits per heavy atom. The van der Waals surface area contributed by atoms with Crippen molar-refractivity contribution in [1.29, 1.82) is 0 Å². The SMILES string of the molecule is c1ccc(-c2cccc(-c3ccccc3-c3nc(-c4ccccc4)nc(-c4cccc5oc6ccccc6c45)n3)c2)cc1. The highest BCUT2D eigenvalue weighted by molar-refractivity contribution is 6.11. The van der Waals surface area contributed by atoms with Crippen LogP contribution in [-0.4, -0.2) is 15.0 Å². The van der Waals surface area contributed by atoms with Crippen LogP contribution in [0.4, 0.5) is 0 Å². The summed E-state index contributed by atoms with van der Waals surface area (Å²) in [5, 5.41) is 2.03. The predicted octanol–water partition coefficient (Wildman–Crippen LogP) is 10.1. The molecule has 202 valence electrons. The van der Waals surface area contributed by atoms with E-state index < -0.39 is 0 Å². The van der Waals surface area contributed by atoms with Crippen molar-refractivity contribution < 1.29 is 4.42 Å². The van der Waals surface area contributed by atoms with Gasteiger partial charge < -0.3 is 4.42 Å². The maximum absolute atomic E-state index is 6.20. The van der Waals surface area contributed by atoms with Gasteiger partial charge in [0, 0.05) is 27.5 Å². The maximum Gasteiger partial charge on any atom is 0.164 e. The minimum absolute atomic E-state index is 0.605. The molecule has 0 spiro atoms. The fourth-order valence-electron chi connectivity index (χ4n) is 5.72. The average Bonchev–Trinajstić information content (AvgIpc) is 3.48. The molecule has 0 unspecified atom stereocenters. The summed E-state index contributed by atoms with van der Waals surface area (Å²) in [6.07, 6.45) is 0. The number of fused-ring (bicyclic) bond motifs is 3. The minimum Gasteiger partial charge on any atom is -0.456 e. The quantitative estimate of drug-likeness (QED) is 0.214. The number of hydrogen-bond donors (Lipinski definition) is 0. The first kappa shape index (κ1) is 24.9. The van der Waals surface area contributed by atoms with Crippen LogP contribution in [0.15, 0.2) is 156 Å². The second kappa shape index (κ2) is 10.5. The van der Waals surface area contributed by atoms with Gasteiger partial charge in [0.1, 0.15) is 11.2 Å². The molecule has 0 fully saturated rings. The van der Waals surface area contributed by atoms with E-state index in [4.69, 9.17) is 19.4 Å². The normalized spacial score (nSPS) is 11.3. The third-order valence-electron chi connectivity index (χ3n) is 7.76. The summed E-state index contributed by atoms with van der Waals surface area (Å²) in [6.45, 7) is 0. The highest BCUT2D eigenvalue weighted by atomic mass is 16.3. The first-order valence-corrected chi connectivity index (χ1v) is 14.3. The van der Waals surface area contributed by atoms with Crippen LogP contribution in [-0.2, 0) is 0 Å². The maximum atomic E-state index is 6.20. The van der Waals surface area contributed by atoms with Gasteiger partial charge >= 0.3 is 0 Å². The van der Waals surface area contributed by atoms with Crippen LogP contribution in [0.25, 0.3) is 78.4 Å². The van der Waals surface area contributed by atoms with Crippen LogP contribution >= 0.6 is 0 Å². The Morgan fingerprint density at radius 1 is 0.349 bits per heavy atom. The van der Waals surface area contributed by atoms with Gasteiger partial charge in [0.05, 0.1) is 0 Å². The third-order valence-corrected chi connectivity index (χ3v) is 7.76. The third kappa shape index (κ3) is 4.55. The Kier molecular flexibility index (Phi) is 6.08. The second-order valence-corrected chi connectivity index (χ2v) is 10.4. The summed E-state index contributed by atoms with van der Waals surface area (Å²) in [4.78, 5) is 15.2. The lowest BCUT2D eigenvalue weighted by Crippen LogP contribution is -2.01. The highest BCUT2D eigenvalue weighted by Gasteiger charge is 2.19. The van der Waals surface area contributed by atoms with Crippen molar-refractivity contribution in [3.05, 3.63) is 152 Å². The molecule has 0 saturated carbocycles. The lowest BCUT2D eigenvalue weighted by atomic mass is 9.95. The number of hydrogen-bond acceptors (Lipinski definition) is 4. The molecule has 0 aliphatic heterocycles.